The number of nitrogens with zero attached hydrogens (tertiary/aromatic N) is 1. The van der Waals surface area contributed by atoms with Crippen molar-refractivity contribution >= 4 is 74.9 Å². The van der Waals surface area contributed by atoms with Gasteiger partial charge in [0.15, 0.2) is 6.61 Å². The van der Waals surface area contributed by atoms with Gasteiger partial charge < -0.3 is 20.1 Å². The summed E-state index contributed by atoms with van der Waals surface area (Å²) in [4.78, 5) is 69.0. The number of carbonyl (C=O) groups is 4. The van der Waals surface area contributed by atoms with Crippen molar-refractivity contribution in [3.05, 3.63) is 85.8 Å². The molecule has 10 nitrogen and oxygen atoms in total. The number of fused-ring (bicyclic) bond motifs is 10. The summed E-state index contributed by atoms with van der Waals surface area (Å²) in [5.41, 5.74) is 1.39. The fraction of sp³-hybridized carbons (Fsp3) is 0.324. The van der Waals surface area contributed by atoms with Crippen LogP contribution in [-0.4, -0.2) is 57.1 Å². The second kappa shape index (κ2) is 11.5. The van der Waals surface area contributed by atoms with Crippen LogP contribution in [0.4, 0.5) is 5.69 Å². The number of hydrogen-bond donors (Lipinski definition) is 3. The van der Waals surface area contributed by atoms with E-state index in [9.17, 15) is 29.1 Å². The predicted molar refractivity (Wildman–Crippen MR) is 177 cm³/mol. The highest BCUT2D eigenvalue weighted by atomic mass is 35.5. The lowest BCUT2D eigenvalue weighted by atomic mass is 9.68. The Morgan fingerprint density at radius 2 is 1.79 bits per heavy atom. The highest BCUT2D eigenvalue weighted by Crippen LogP contribution is 2.69. The molecule has 0 spiro atoms. The number of rotatable bonds is 8. The van der Waals surface area contributed by atoms with Crippen LogP contribution in [0.25, 0.3) is 10.8 Å². The van der Waals surface area contributed by atoms with Crippen LogP contribution in [0.2, 0.25) is 5.02 Å². The summed E-state index contributed by atoms with van der Waals surface area (Å²) in [6, 6.07) is 18.7. The third-order valence-corrected chi connectivity index (χ3v) is 12.9. The van der Waals surface area contributed by atoms with Crippen LogP contribution in [0.5, 0.6) is 5.75 Å². The maximum absolute atomic E-state index is 13.7. The Morgan fingerprint density at radius 1 is 1.02 bits per heavy atom. The molecule has 2 bridgehead atoms. The summed E-state index contributed by atoms with van der Waals surface area (Å²) >= 11 is 9.23. The zero-order chi connectivity index (χ0) is 32.6. The third-order valence-electron chi connectivity index (χ3n) is 10.1. The minimum absolute atomic E-state index is 0.0679. The van der Waals surface area contributed by atoms with Crippen molar-refractivity contribution in [1.82, 2.24) is 9.88 Å². The van der Waals surface area contributed by atoms with E-state index in [1.54, 1.807) is 30.0 Å². The largest absolute Gasteiger partial charge is 0.483 e. The van der Waals surface area contributed by atoms with Gasteiger partial charge in [-0.15, -0.1) is 11.8 Å². The van der Waals surface area contributed by atoms with Gasteiger partial charge in [0.1, 0.15) is 5.75 Å². The monoisotopic (exact) mass is 689 g/mol. The van der Waals surface area contributed by atoms with Crippen LogP contribution >= 0.6 is 34.7 Å². The van der Waals surface area contributed by atoms with Crippen molar-refractivity contribution in [2.75, 3.05) is 18.5 Å². The number of H-pyrrole nitrogens is 1. The summed E-state index contributed by atoms with van der Waals surface area (Å²) in [6.45, 7) is -0.412. The van der Waals surface area contributed by atoms with E-state index in [-0.39, 0.29) is 71.1 Å². The zero-order valence-corrected chi connectivity index (χ0v) is 27.1. The van der Waals surface area contributed by atoms with Crippen molar-refractivity contribution in [1.29, 1.82) is 0 Å². The lowest BCUT2D eigenvalue weighted by Gasteiger charge is -2.43. The first kappa shape index (κ1) is 30.2. The maximum atomic E-state index is 13.7. The molecule has 4 aromatic rings. The molecule has 2 aliphatic heterocycles. The molecule has 6 unspecified atom stereocenters. The Kier molecular flexibility index (Phi) is 7.42. The molecule has 3 fully saturated rings. The van der Waals surface area contributed by atoms with Gasteiger partial charge in [-0.1, -0.05) is 59.3 Å². The van der Waals surface area contributed by atoms with Crippen molar-refractivity contribution in [3.63, 3.8) is 0 Å². The van der Waals surface area contributed by atoms with Gasteiger partial charge in [0.25, 0.3) is 5.91 Å². The van der Waals surface area contributed by atoms with E-state index >= 15 is 0 Å². The number of likely N-dealkylation sites (tertiary alicyclic amines) is 1. The van der Waals surface area contributed by atoms with E-state index in [1.807, 2.05) is 42.5 Å². The number of carbonyl (C=O) groups excluding carboxylic acids is 3. The highest BCUT2D eigenvalue weighted by Gasteiger charge is 2.69. The molecular formula is C34H28ClN3O7S2. The van der Waals surface area contributed by atoms with Gasteiger partial charge >= 0.3 is 10.8 Å². The molecule has 2 aliphatic carbocycles. The van der Waals surface area contributed by atoms with E-state index in [0.29, 0.717) is 28.4 Å². The number of anilines is 1. The lowest BCUT2D eigenvalue weighted by molar-refractivity contribution is -0.142. The molecule has 3 aromatic carbocycles. The van der Waals surface area contributed by atoms with Crippen molar-refractivity contribution < 1.29 is 29.0 Å². The van der Waals surface area contributed by atoms with Gasteiger partial charge in [0.2, 0.25) is 11.8 Å². The SMILES string of the molecule is O=C(O)CCN1C(=O)C2C3CC(C2C1=O)C1C3Sc2[nH]c(=O)sc2[C@@H]1c1cc(Cl)ccc1OCC(=O)Nc1cccc2ccccc12. The summed E-state index contributed by atoms with van der Waals surface area (Å²) in [5, 5.41) is 15.2. The normalized spacial score (nSPS) is 27.1. The van der Waals surface area contributed by atoms with Crippen LogP contribution in [-0.2, 0) is 19.2 Å². The molecule has 3 N–H and O–H groups in total. The molecule has 240 valence electrons. The second-order valence-corrected chi connectivity index (χ2v) is 15.1. The average molecular weight is 690 g/mol. The quantitative estimate of drug-likeness (QED) is 0.214. The summed E-state index contributed by atoms with van der Waals surface area (Å²) < 4.78 is 6.19. The highest BCUT2D eigenvalue weighted by molar-refractivity contribution is 8.00. The minimum Gasteiger partial charge on any atom is -0.483 e. The number of aliphatic carboxylic acids is 1. The van der Waals surface area contributed by atoms with Gasteiger partial charge in [-0.3, -0.25) is 28.9 Å². The zero-order valence-electron chi connectivity index (χ0n) is 24.7. The van der Waals surface area contributed by atoms with Crippen molar-refractivity contribution in [2.24, 2.45) is 29.6 Å². The number of nitrogens with one attached hydrogen (secondary N) is 2. The number of aromatic amines is 1. The number of amides is 3. The van der Waals surface area contributed by atoms with Gasteiger partial charge in [-0.05, 0) is 53.8 Å². The number of thioether (sulfide) groups is 1. The first-order valence-electron chi connectivity index (χ1n) is 15.4. The van der Waals surface area contributed by atoms with Crippen LogP contribution in [0.1, 0.15) is 29.2 Å². The third kappa shape index (κ3) is 4.96. The molecule has 0 radical (unpaired) electrons. The molecule has 7 atom stereocenters. The first-order chi connectivity index (χ1) is 22.7. The molecule has 4 aliphatic rings. The van der Waals surface area contributed by atoms with Gasteiger partial charge in [0, 0.05) is 44.2 Å². The van der Waals surface area contributed by atoms with E-state index in [0.717, 1.165) is 36.9 Å². The maximum Gasteiger partial charge on any atom is 0.305 e. The molecule has 3 heterocycles. The van der Waals surface area contributed by atoms with E-state index in [4.69, 9.17) is 16.3 Å². The lowest BCUT2D eigenvalue weighted by Crippen LogP contribution is -2.42. The minimum atomic E-state index is -1.07. The number of halogens is 1. The number of ether oxygens (including phenoxy) is 1. The van der Waals surface area contributed by atoms with Crippen LogP contribution < -0.4 is 14.9 Å². The van der Waals surface area contributed by atoms with Gasteiger partial charge in [0.05, 0.1) is 23.3 Å². The molecule has 2 saturated carbocycles. The van der Waals surface area contributed by atoms with Crippen molar-refractivity contribution in [3.8, 4) is 5.75 Å². The fourth-order valence-electron chi connectivity index (χ4n) is 8.41. The Labute approximate surface area is 281 Å². The van der Waals surface area contributed by atoms with Crippen LogP contribution in [0, 0.1) is 29.6 Å². The predicted octanol–water partition coefficient (Wildman–Crippen LogP) is 5.21. The standard InChI is InChI=1S/C34H28ClN3O7S2/c35-16-8-9-22(45-14-23(39)36-21-7-3-5-15-4-1-2-6-17(15)21)18(12-16)25-26-19-13-20(29(26)46-31-30(25)47-34(44)37-31)28-27(19)32(42)38(33(28)43)11-10-24(40)41/h1-9,12,19-20,25-29H,10-11,13-14H2,(H,36,39)(H,37,44)(H,40,41)/t19?,20?,25-,26?,27?,28?,29?/m1/s1. The molecule has 1 aromatic heterocycles. The molecular weight excluding hydrogens is 662 g/mol. The number of thiazole rings is 1. The summed E-state index contributed by atoms with van der Waals surface area (Å²) in [7, 11) is 0. The Bertz CT molecular complexity index is 2040. The fourth-order valence-corrected chi connectivity index (χ4v) is 11.5. The second-order valence-electron chi connectivity index (χ2n) is 12.5. The Morgan fingerprint density at radius 3 is 2.60 bits per heavy atom. The number of carboxylic acid groups (broad SMARTS) is 1. The first-order valence-corrected chi connectivity index (χ1v) is 17.4. The van der Waals surface area contributed by atoms with Gasteiger partial charge in [-0.25, -0.2) is 0 Å². The number of hydrogen-bond acceptors (Lipinski definition) is 8. The summed E-state index contributed by atoms with van der Waals surface area (Å²) in [6.07, 6.45) is 0.383. The topological polar surface area (TPSA) is 146 Å². The number of imide groups is 1. The molecule has 3 amide bonds. The molecule has 8 rings (SSSR count). The van der Waals surface area contributed by atoms with Crippen LogP contribution in [0.3, 0.4) is 0 Å². The average Bonchev–Trinajstić information content (AvgIpc) is 3.78. The van der Waals surface area contributed by atoms with E-state index in [2.05, 4.69) is 10.3 Å². The van der Waals surface area contributed by atoms with E-state index in [1.165, 1.54) is 0 Å². The number of carboxylic acids is 1. The molecule has 47 heavy (non-hydrogen) atoms. The van der Waals surface area contributed by atoms with Crippen molar-refractivity contribution in [2.45, 2.75) is 29.0 Å². The smallest absolute Gasteiger partial charge is 0.305 e. The molecule has 1 saturated heterocycles. The Hall–Kier alpha value is -4.13. The summed E-state index contributed by atoms with van der Waals surface area (Å²) in [5.74, 6) is -3.38. The number of aromatic nitrogens is 1. The van der Waals surface area contributed by atoms with Gasteiger partial charge in [-0.2, -0.15) is 0 Å². The number of benzene rings is 3. The van der Waals surface area contributed by atoms with Crippen LogP contribution in [0.15, 0.2) is 70.5 Å². The van der Waals surface area contributed by atoms with E-state index < -0.39 is 17.8 Å². The molecule has 13 heteroatoms. The Balaban J connectivity index is 1.11.